The first-order valence-corrected chi connectivity index (χ1v) is 21.9. The Balaban J connectivity index is 0.000000181. The van der Waals surface area contributed by atoms with Gasteiger partial charge in [-0.3, -0.25) is 34.6 Å². The van der Waals surface area contributed by atoms with Gasteiger partial charge in [0.05, 0.1) is 34.4 Å². The lowest BCUT2D eigenvalue weighted by Crippen LogP contribution is -2.52. The number of imide groups is 1. The summed E-state index contributed by atoms with van der Waals surface area (Å²) in [4.78, 5) is 35.9. The Labute approximate surface area is 366 Å². The molecule has 5 aromatic rings. The maximum Gasteiger partial charge on any atom is 0.329 e. The molecule has 4 aliphatic rings. The number of carbonyl (C=O) groups is 2. The van der Waals surface area contributed by atoms with Crippen LogP contribution < -0.4 is 19.7 Å². The van der Waals surface area contributed by atoms with Gasteiger partial charge >= 0.3 is 6.03 Å². The quantitative estimate of drug-likeness (QED) is 0.121. The molecule has 2 aromatic heterocycles. The molecular weight excluding hydrogens is 838 g/mol. The average molecular weight is 887 g/mol. The average Bonchev–Trinajstić information content (AvgIpc) is 3.87. The fraction of sp³-hybridized carbons (Fsp3) is 0.455. The number of aryl methyl sites for hydroxylation is 1. The number of benzene rings is 3. The predicted molar refractivity (Wildman–Crippen MR) is 232 cm³/mol. The molecule has 3 amide bonds. The molecule has 0 radical (unpaired) electrons. The van der Waals surface area contributed by atoms with Crippen LogP contribution in [0.1, 0.15) is 68.4 Å². The van der Waals surface area contributed by atoms with Gasteiger partial charge < -0.3 is 19.3 Å². The summed E-state index contributed by atoms with van der Waals surface area (Å²) in [6, 6.07) is 12.1. The van der Waals surface area contributed by atoms with Crippen molar-refractivity contribution in [2.45, 2.75) is 75.1 Å². The Hall–Kier alpha value is -5.52. The van der Waals surface area contributed by atoms with Crippen molar-refractivity contribution in [2.75, 3.05) is 56.1 Å². The molecule has 3 aliphatic heterocycles. The predicted octanol–water partition coefficient (Wildman–Crippen LogP) is 7.11. The highest BCUT2D eigenvalue weighted by Gasteiger charge is 2.43. The molecule has 3 N–H and O–H groups in total. The van der Waals surface area contributed by atoms with E-state index in [1.807, 2.05) is 6.07 Å². The zero-order chi connectivity index (χ0) is 44.3. The highest BCUT2D eigenvalue weighted by Crippen LogP contribution is 2.43. The number of ether oxygens (including phenoxy) is 2. The Morgan fingerprint density at radius 1 is 1.06 bits per heavy atom. The lowest BCUT2D eigenvalue weighted by Gasteiger charge is -2.45. The number of hydrogen-bond donors (Lipinski definition) is 3. The minimum absolute atomic E-state index is 0.00107. The van der Waals surface area contributed by atoms with E-state index < -0.39 is 23.8 Å². The molecule has 9 rings (SSSR count). The number of amides is 3. The lowest BCUT2D eigenvalue weighted by molar-refractivity contribution is -0.120. The molecule has 0 bridgehead atoms. The number of urea groups is 1. The summed E-state index contributed by atoms with van der Waals surface area (Å²) in [5.74, 6) is -1.09. The number of aliphatic hydroxyl groups excluding tert-OH is 1. The van der Waals surface area contributed by atoms with E-state index in [9.17, 15) is 19.2 Å². The van der Waals surface area contributed by atoms with Crippen molar-refractivity contribution < 1.29 is 37.3 Å². The van der Waals surface area contributed by atoms with Crippen LogP contribution in [0.3, 0.4) is 0 Å². The Kier molecular flexibility index (Phi) is 13.3. The first kappa shape index (κ1) is 44.1. The number of carbonyl (C=O) groups excluding carboxylic acids is 2. The van der Waals surface area contributed by atoms with Crippen molar-refractivity contribution in [3.63, 3.8) is 0 Å². The van der Waals surface area contributed by atoms with Crippen molar-refractivity contribution >= 4 is 57.5 Å². The van der Waals surface area contributed by atoms with Gasteiger partial charge in [-0.1, -0.05) is 0 Å². The molecule has 1 spiro atoms. The highest BCUT2D eigenvalue weighted by molar-refractivity contribution is 7.98. The summed E-state index contributed by atoms with van der Waals surface area (Å²) in [6.45, 7) is 3.20. The molecule has 63 heavy (non-hydrogen) atoms. The summed E-state index contributed by atoms with van der Waals surface area (Å²) in [6.07, 6.45) is 8.20. The first-order valence-electron chi connectivity index (χ1n) is 21.1. The number of halogens is 3. The third-order valence-corrected chi connectivity index (χ3v) is 13.2. The maximum absolute atomic E-state index is 15.5. The van der Waals surface area contributed by atoms with Crippen LogP contribution in [0.2, 0.25) is 0 Å². The lowest BCUT2D eigenvalue weighted by atomic mass is 9.78. The fourth-order valence-corrected chi connectivity index (χ4v) is 9.65. The number of aromatic nitrogens is 4. The van der Waals surface area contributed by atoms with Gasteiger partial charge in [0, 0.05) is 88.3 Å². The minimum Gasteiger partial charge on any atom is -0.453 e. The number of likely N-dealkylation sites (N-methyl/N-ethyl adjacent to an activating group) is 1. The zero-order valence-corrected chi connectivity index (χ0v) is 35.8. The number of anilines is 2. The van der Waals surface area contributed by atoms with Crippen LogP contribution in [-0.2, 0) is 16.6 Å². The third-order valence-electron chi connectivity index (χ3n) is 12.4. The Morgan fingerprint density at radius 3 is 2.57 bits per heavy atom. The van der Waals surface area contributed by atoms with Crippen LogP contribution in [0.5, 0.6) is 11.5 Å². The van der Waals surface area contributed by atoms with Gasteiger partial charge in [-0.15, -0.1) is 0 Å². The molecule has 3 saturated heterocycles. The number of nitriles is 1. The summed E-state index contributed by atoms with van der Waals surface area (Å²) < 4.78 is 63.3. The molecule has 3 atom stereocenters. The number of aliphatic hydroxyl groups is 1. The smallest absolute Gasteiger partial charge is 0.329 e. The summed E-state index contributed by atoms with van der Waals surface area (Å²) in [5, 5.41) is 25.7. The number of rotatable bonds is 10. The van der Waals surface area contributed by atoms with Crippen molar-refractivity contribution in [3.05, 3.63) is 77.6 Å². The molecular formula is C44H49F3N10O5S. The van der Waals surface area contributed by atoms with Crippen molar-refractivity contribution in [2.24, 2.45) is 7.05 Å². The van der Waals surface area contributed by atoms with Gasteiger partial charge in [0.1, 0.15) is 29.4 Å². The van der Waals surface area contributed by atoms with Gasteiger partial charge in [-0.05, 0) is 99.9 Å². The number of piperidine rings is 1. The summed E-state index contributed by atoms with van der Waals surface area (Å²) in [5.41, 5.74) is 2.94. The Morgan fingerprint density at radius 2 is 1.86 bits per heavy atom. The number of fused-ring (bicyclic) bond motifs is 2. The number of alkyl halides is 1. The van der Waals surface area contributed by atoms with Gasteiger partial charge in [-0.2, -0.15) is 10.4 Å². The number of hydrogen-bond acceptors (Lipinski definition) is 13. The standard InChI is InChI=1S/C26H33F2N5O3.C18H16FN5O2S/c1-31-22-15-17(19(27)14-18(22)24(30-31)33-9-5-23(34)29-25(33)35)16-3-4-21(20(28)13-16)32-10-7-26(8-11-32)6-2-12-36-26;1-24(8-9-25)27-23-15-5-3-14(19)18(13(15)11-20)26-12-2-4-16-17(10-12)22-7-6-21-16/h14-16,20-21H,2-13H2,1H3,(H,29,34,35);2-7,10,23,25H,8-9H2,1H3/t16-,20?,21+;/m0./s1. The van der Waals surface area contributed by atoms with E-state index in [2.05, 4.69) is 30.0 Å². The number of nitrogens with zero attached hydrogens (tertiary/aromatic N) is 8. The van der Waals surface area contributed by atoms with E-state index in [0.29, 0.717) is 64.1 Å². The molecule has 1 saturated carbocycles. The van der Waals surface area contributed by atoms with Crippen LogP contribution in [0.4, 0.5) is 29.5 Å². The maximum atomic E-state index is 15.5. The molecule has 15 nitrogen and oxygen atoms in total. The molecule has 1 unspecified atom stereocenters. The van der Waals surface area contributed by atoms with Gasteiger partial charge in [-0.25, -0.2) is 22.3 Å². The number of nitrogens with one attached hydrogen (secondary N) is 2. The minimum atomic E-state index is -1.01. The third kappa shape index (κ3) is 9.55. The second-order valence-corrected chi connectivity index (χ2v) is 17.4. The van der Waals surface area contributed by atoms with Crippen LogP contribution >= 0.6 is 12.1 Å². The zero-order valence-electron chi connectivity index (χ0n) is 35.0. The topological polar surface area (TPSA) is 174 Å². The molecule has 4 fully saturated rings. The first-order chi connectivity index (χ1) is 30.5. The molecule has 3 aromatic carbocycles. The Bertz CT molecular complexity index is 2520. The molecule has 332 valence electrons. The van der Waals surface area contributed by atoms with Crippen molar-refractivity contribution in [1.82, 2.24) is 34.3 Å². The van der Waals surface area contributed by atoms with Crippen LogP contribution in [0.15, 0.2) is 54.9 Å². The van der Waals surface area contributed by atoms with Crippen LogP contribution in [0, 0.1) is 23.0 Å². The monoisotopic (exact) mass is 886 g/mol. The molecule has 5 heterocycles. The van der Waals surface area contributed by atoms with Crippen molar-refractivity contribution in [1.29, 1.82) is 5.26 Å². The van der Waals surface area contributed by atoms with Crippen LogP contribution in [-0.4, -0.2) is 110 Å². The van der Waals surface area contributed by atoms with Crippen molar-refractivity contribution in [3.8, 4) is 17.6 Å². The second-order valence-electron chi connectivity index (χ2n) is 16.3. The number of likely N-dealkylation sites (tertiary alicyclic amines) is 1. The second kappa shape index (κ2) is 19.1. The van der Waals surface area contributed by atoms with E-state index in [0.717, 1.165) is 51.8 Å². The van der Waals surface area contributed by atoms with E-state index in [-0.39, 0.29) is 54.4 Å². The largest absolute Gasteiger partial charge is 0.453 e. The van der Waals surface area contributed by atoms with E-state index in [4.69, 9.17) is 14.6 Å². The van der Waals surface area contributed by atoms with Gasteiger partial charge in [0.15, 0.2) is 17.4 Å². The highest BCUT2D eigenvalue weighted by atomic mass is 32.2. The van der Waals surface area contributed by atoms with Crippen LogP contribution in [0.25, 0.3) is 21.9 Å². The van der Waals surface area contributed by atoms with Gasteiger partial charge in [0.25, 0.3) is 0 Å². The fourth-order valence-electron chi connectivity index (χ4n) is 9.05. The normalized spacial score (nSPS) is 21.4. The summed E-state index contributed by atoms with van der Waals surface area (Å²) >= 11 is 1.18. The molecule has 19 heteroatoms. The molecule has 1 aliphatic carbocycles. The SMILES string of the molecule is CN(CCO)SNc1ccc(F)c(Oc2ccc3nccnc3c2)c1C#N.Cn1nc(N2CCC(=O)NC2=O)c2cc(F)c([C@H]3CC[C@@H](N4CCC5(CCCO5)CC4)C(F)C3)cc21. The van der Waals surface area contributed by atoms with E-state index >= 15 is 8.78 Å². The van der Waals surface area contributed by atoms with E-state index in [1.165, 1.54) is 35.2 Å². The summed E-state index contributed by atoms with van der Waals surface area (Å²) in [7, 11) is 3.52. The van der Waals surface area contributed by atoms with E-state index in [1.54, 1.807) is 59.7 Å². The van der Waals surface area contributed by atoms with Gasteiger partial charge in [0.2, 0.25) is 5.91 Å².